The summed E-state index contributed by atoms with van der Waals surface area (Å²) in [7, 11) is -0.725. The predicted octanol–water partition coefficient (Wildman–Crippen LogP) is 2.23. The lowest BCUT2D eigenvalue weighted by Gasteiger charge is -2.31. The molecule has 0 spiro atoms. The Morgan fingerprint density at radius 2 is 1.61 bits per heavy atom. The van der Waals surface area contributed by atoms with Crippen LogP contribution in [0.25, 0.3) is 0 Å². The molecule has 0 fully saturated rings. The van der Waals surface area contributed by atoms with Crippen molar-refractivity contribution in [1.82, 2.24) is 4.72 Å². The highest BCUT2D eigenvalue weighted by Crippen LogP contribution is 2.33. The van der Waals surface area contributed by atoms with Crippen molar-refractivity contribution in [2.24, 2.45) is 5.73 Å². The fourth-order valence-electron chi connectivity index (χ4n) is 2.32. The highest BCUT2D eigenvalue weighted by atomic mass is 35.5. The molecule has 0 atom stereocenters. The van der Waals surface area contributed by atoms with Crippen LogP contribution >= 0.6 is 12.4 Å². The molecule has 1 aromatic carbocycles. The first-order chi connectivity index (χ1) is 10.3. The summed E-state index contributed by atoms with van der Waals surface area (Å²) >= 11 is 0. The van der Waals surface area contributed by atoms with E-state index in [1.165, 1.54) is 20.3 Å². The van der Waals surface area contributed by atoms with Crippen molar-refractivity contribution < 1.29 is 17.9 Å². The second-order valence-corrected chi connectivity index (χ2v) is 6.92. The molecule has 1 aromatic rings. The first kappa shape index (κ1) is 22.0. The molecule has 1 rings (SSSR count). The Kier molecular flexibility index (Phi) is 8.34. The highest BCUT2D eigenvalue weighted by molar-refractivity contribution is 7.89. The van der Waals surface area contributed by atoms with Gasteiger partial charge in [-0.2, -0.15) is 0 Å². The minimum absolute atomic E-state index is 0. The lowest BCUT2D eigenvalue weighted by atomic mass is 9.95. The third-order valence-corrected chi connectivity index (χ3v) is 5.79. The Balaban J connectivity index is 0.00000484. The average Bonchev–Trinajstić information content (AvgIpc) is 2.52. The van der Waals surface area contributed by atoms with Crippen LogP contribution in [-0.4, -0.2) is 34.7 Å². The van der Waals surface area contributed by atoms with Gasteiger partial charge in [0.05, 0.1) is 19.1 Å². The van der Waals surface area contributed by atoms with E-state index in [-0.39, 0.29) is 23.8 Å². The molecule has 0 amide bonds. The van der Waals surface area contributed by atoms with Gasteiger partial charge < -0.3 is 15.2 Å². The third kappa shape index (κ3) is 4.73. The molecule has 0 aliphatic carbocycles. The summed E-state index contributed by atoms with van der Waals surface area (Å²) in [5.74, 6) is 0.870. The highest BCUT2D eigenvalue weighted by Gasteiger charge is 2.32. The van der Waals surface area contributed by atoms with E-state index in [0.29, 0.717) is 29.9 Å². The average molecular weight is 367 g/mol. The van der Waals surface area contributed by atoms with Crippen molar-refractivity contribution >= 4 is 22.4 Å². The third-order valence-electron chi connectivity index (χ3n) is 4.07. The molecule has 0 saturated heterocycles. The number of benzene rings is 1. The largest absolute Gasteiger partial charge is 0.493 e. The Morgan fingerprint density at radius 3 is 2.00 bits per heavy atom. The zero-order valence-corrected chi connectivity index (χ0v) is 15.9. The van der Waals surface area contributed by atoms with Crippen molar-refractivity contribution in [3.05, 3.63) is 17.7 Å². The predicted molar refractivity (Wildman–Crippen MR) is 94.2 cm³/mol. The van der Waals surface area contributed by atoms with Crippen molar-refractivity contribution in [2.75, 3.05) is 20.8 Å². The van der Waals surface area contributed by atoms with Gasteiger partial charge in [-0.25, -0.2) is 13.1 Å². The summed E-state index contributed by atoms with van der Waals surface area (Å²) in [6.07, 6.45) is 1.23. The van der Waals surface area contributed by atoms with E-state index in [9.17, 15) is 8.42 Å². The summed E-state index contributed by atoms with van der Waals surface area (Å²) in [6.45, 7) is 5.80. The van der Waals surface area contributed by atoms with Gasteiger partial charge in [0.1, 0.15) is 0 Å². The SMILES string of the molecule is CCC(CC)(CN)NS(=O)(=O)c1cc(OC)c(OC)cc1C.Cl. The molecule has 6 nitrogen and oxygen atoms in total. The zero-order chi connectivity index (χ0) is 17.0. The number of nitrogens with two attached hydrogens (primary N) is 1. The first-order valence-electron chi connectivity index (χ1n) is 7.25. The molecule has 0 aromatic heterocycles. The molecule has 0 saturated carbocycles. The second kappa shape index (κ2) is 8.73. The van der Waals surface area contributed by atoms with E-state index >= 15 is 0 Å². The standard InChI is InChI=1S/C15H26N2O4S.ClH/c1-6-15(7-2,10-16)17-22(18,19)14-9-13(21-5)12(20-4)8-11(14)3;/h8-9,17H,6-7,10,16H2,1-5H3;1H. The minimum atomic E-state index is -3.71. The van der Waals surface area contributed by atoms with Gasteiger partial charge in [-0.05, 0) is 31.4 Å². The topological polar surface area (TPSA) is 90.7 Å². The molecule has 134 valence electrons. The fraction of sp³-hybridized carbons (Fsp3) is 0.600. The molecule has 0 heterocycles. The second-order valence-electron chi connectivity index (χ2n) is 5.27. The van der Waals surface area contributed by atoms with E-state index in [1.807, 2.05) is 13.8 Å². The number of nitrogens with one attached hydrogen (secondary N) is 1. The summed E-state index contributed by atoms with van der Waals surface area (Å²) < 4.78 is 38.6. The van der Waals surface area contributed by atoms with Crippen LogP contribution in [0.1, 0.15) is 32.3 Å². The fourth-order valence-corrected chi connectivity index (χ4v) is 4.11. The minimum Gasteiger partial charge on any atom is -0.493 e. The maximum atomic E-state index is 12.8. The summed E-state index contributed by atoms with van der Waals surface area (Å²) in [5.41, 5.74) is 5.73. The van der Waals surface area contributed by atoms with Gasteiger partial charge in [-0.1, -0.05) is 13.8 Å². The van der Waals surface area contributed by atoms with Gasteiger partial charge in [0.15, 0.2) is 11.5 Å². The summed E-state index contributed by atoms with van der Waals surface area (Å²) in [5, 5.41) is 0. The van der Waals surface area contributed by atoms with Crippen molar-refractivity contribution in [2.45, 2.75) is 44.0 Å². The quantitative estimate of drug-likeness (QED) is 0.736. The lowest BCUT2D eigenvalue weighted by Crippen LogP contribution is -2.52. The Bertz CT molecular complexity index is 608. The monoisotopic (exact) mass is 366 g/mol. The van der Waals surface area contributed by atoms with Crippen molar-refractivity contribution in [3.8, 4) is 11.5 Å². The van der Waals surface area contributed by atoms with E-state index in [0.717, 1.165) is 0 Å². The number of hydrogen-bond acceptors (Lipinski definition) is 5. The van der Waals surface area contributed by atoms with Crippen LogP contribution in [0.2, 0.25) is 0 Å². The molecule has 8 heteroatoms. The molecule has 0 unspecified atom stereocenters. The first-order valence-corrected chi connectivity index (χ1v) is 8.74. The zero-order valence-electron chi connectivity index (χ0n) is 14.3. The van der Waals surface area contributed by atoms with Crippen LogP contribution in [0, 0.1) is 6.92 Å². The maximum Gasteiger partial charge on any atom is 0.241 e. The number of ether oxygens (including phenoxy) is 2. The summed E-state index contributed by atoms with van der Waals surface area (Å²) in [6, 6.07) is 3.12. The van der Waals surface area contributed by atoms with Crippen LogP contribution < -0.4 is 19.9 Å². The molecular formula is C15H27ClN2O4S. The molecule has 0 aliphatic rings. The number of hydrogen-bond donors (Lipinski definition) is 2. The van der Waals surface area contributed by atoms with Crippen LogP contribution in [0.5, 0.6) is 11.5 Å². The van der Waals surface area contributed by atoms with Crippen molar-refractivity contribution in [3.63, 3.8) is 0 Å². The van der Waals surface area contributed by atoms with Crippen LogP contribution in [0.3, 0.4) is 0 Å². The normalized spacial score (nSPS) is 11.7. The molecule has 0 aliphatic heterocycles. The van der Waals surface area contributed by atoms with Gasteiger partial charge in [-0.3, -0.25) is 0 Å². The maximum absolute atomic E-state index is 12.8. The Morgan fingerprint density at radius 1 is 1.13 bits per heavy atom. The van der Waals surface area contributed by atoms with E-state index < -0.39 is 15.6 Å². The van der Waals surface area contributed by atoms with E-state index in [4.69, 9.17) is 15.2 Å². The Hall–Kier alpha value is -1.02. The number of aryl methyl sites for hydroxylation is 1. The van der Waals surface area contributed by atoms with Gasteiger partial charge in [0, 0.05) is 18.2 Å². The van der Waals surface area contributed by atoms with Crippen LogP contribution in [0.4, 0.5) is 0 Å². The van der Waals surface area contributed by atoms with Gasteiger partial charge in [0.25, 0.3) is 0 Å². The van der Waals surface area contributed by atoms with Crippen molar-refractivity contribution in [1.29, 1.82) is 0 Å². The smallest absolute Gasteiger partial charge is 0.241 e. The Labute approximate surface area is 145 Å². The van der Waals surface area contributed by atoms with Crippen LogP contribution in [-0.2, 0) is 10.0 Å². The number of rotatable bonds is 8. The van der Waals surface area contributed by atoms with Gasteiger partial charge in [0.2, 0.25) is 10.0 Å². The molecule has 3 N–H and O–H groups in total. The molecule has 0 bridgehead atoms. The van der Waals surface area contributed by atoms with Gasteiger partial charge in [-0.15, -0.1) is 12.4 Å². The van der Waals surface area contributed by atoms with E-state index in [2.05, 4.69) is 4.72 Å². The van der Waals surface area contributed by atoms with Gasteiger partial charge >= 0.3 is 0 Å². The lowest BCUT2D eigenvalue weighted by molar-refractivity contribution is 0.352. The number of methoxy groups -OCH3 is 2. The molecular weight excluding hydrogens is 340 g/mol. The molecule has 0 radical (unpaired) electrons. The number of sulfonamides is 1. The van der Waals surface area contributed by atoms with Crippen LogP contribution in [0.15, 0.2) is 17.0 Å². The molecule has 23 heavy (non-hydrogen) atoms. The summed E-state index contributed by atoms with van der Waals surface area (Å²) in [4.78, 5) is 0.171. The number of halogens is 1. The van der Waals surface area contributed by atoms with E-state index in [1.54, 1.807) is 13.0 Å².